The minimum Gasteiger partial charge on any atom is -0.387 e. The van der Waals surface area contributed by atoms with Crippen molar-refractivity contribution in [2.45, 2.75) is 19.1 Å². The molecule has 0 aliphatic carbocycles. The van der Waals surface area contributed by atoms with Crippen LogP contribution < -0.4 is 10.6 Å². The van der Waals surface area contributed by atoms with Gasteiger partial charge in [0, 0.05) is 18.7 Å². The van der Waals surface area contributed by atoms with Crippen LogP contribution in [-0.4, -0.2) is 24.1 Å². The van der Waals surface area contributed by atoms with Crippen molar-refractivity contribution in [2.24, 2.45) is 0 Å². The summed E-state index contributed by atoms with van der Waals surface area (Å²) in [5.74, 6) is -0.141. The fourth-order valence-electron chi connectivity index (χ4n) is 2.50. The maximum Gasteiger partial charge on any atom is 0.251 e. The maximum absolute atomic E-state index is 12.2. The summed E-state index contributed by atoms with van der Waals surface area (Å²) < 4.78 is 0. The third-order valence-electron chi connectivity index (χ3n) is 3.74. The monoisotopic (exact) mass is 302 g/mol. The molecule has 1 atom stereocenters. The van der Waals surface area contributed by atoms with Crippen LogP contribution >= 0.6 is 11.3 Å². The molecule has 4 nitrogen and oxygen atoms in total. The highest BCUT2D eigenvalue weighted by molar-refractivity contribution is 7.07. The summed E-state index contributed by atoms with van der Waals surface area (Å²) >= 11 is 1.53. The Morgan fingerprint density at radius 2 is 2.29 bits per heavy atom. The number of aliphatic hydroxyl groups excluding tert-OH is 1. The summed E-state index contributed by atoms with van der Waals surface area (Å²) in [5.41, 5.74) is 3.99. The van der Waals surface area contributed by atoms with Crippen molar-refractivity contribution >= 4 is 17.2 Å². The quantitative estimate of drug-likeness (QED) is 0.808. The standard InChI is InChI=1S/C16H18N2O2S/c19-15(13-4-6-21-10-13)9-18-16(20)12-2-1-11-3-5-17-8-14(11)7-12/h1-2,4,6-7,10,15,17,19H,3,5,8-9H2,(H,18,20). The Bertz CT molecular complexity index is 625. The molecule has 0 fully saturated rings. The van der Waals surface area contributed by atoms with Gasteiger partial charge in [-0.15, -0.1) is 0 Å². The van der Waals surface area contributed by atoms with Crippen molar-refractivity contribution in [2.75, 3.05) is 13.1 Å². The summed E-state index contributed by atoms with van der Waals surface area (Å²) in [5, 5.41) is 19.9. The lowest BCUT2D eigenvalue weighted by molar-refractivity contribution is 0.0916. The molecule has 2 aromatic rings. The third-order valence-corrected chi connectivity index (χ3v) is 4.44. The van der Waals surface area contributed by atoms with E-state index in [1.54, 1.807) is 0 Å². The SMILES string of the molecule is O=C(NCC(O)c1ccsc1)c1ccc2c(c1)CNCC2. The molecule has 1 unspecified atom stereocenters. The Labute approximate surface area is 127 Å². The number of carbonyl (C=O) groups excluding carboxylic acids is 1. The van der Waals surface area contributed by atoms with Crippen LogP contribution in [0.15, 0.2) is 35.0 Å². The van der Waals surface area contributed by atoms with Gasteiger partial charge in [-0.05, 0) is 58.6 Å². The highest BCUT2D eigenvalue weighted by atomic mass is 32.1. The Hall–Kier alpha value is -1.69. The molecule has 110 valence electrons. The molecule has 0 radical (unpaired) electrons. The third kappa shape index (κ3) is 3.32. The fraction of sp³-hybridized carbons (Fsp3) is 0.312. The van der Waals surface area contributed by atoms with E-state index in [4.69, 9.17) is 0 Å². The van der Waals surface area contributed by atoms with Gasteiger partial charge in [0.15, 0.2) is 0 Å². The molecule has 1 aliphatic rings. The van der Waals surface area contributed by atoms with Crippen LogP contribution in [0.2, 0.25) is 0 Å². The minimum absolute atomic E-state index is 0.141. The second-order valence-electron chi connectivity index (χ2n) is 5.19. The first-order valence-corrected chi connectivity index (χ1v) is 7.99. The molecule has 1 aromatic heterocycles. The number of fused-ring (bicyclic) bond motifs is 1. The lowest BCUT2D eigenvalue weighted by Crippen LogP contribution is -2.29. The van der Waals surface area contributed by atoms with Gasteiger partial charge in [0.05, 0.1) is 6.10 Å². The summed E-state index contributed by atoms with van der Waals surface area (Å²) in [4.78, 5) is 12.2. The van der Waals surface area contributed by atoms with Gasteiger partial charge in [0.2, 0.25) is 0 Å². The number of thiophene rings is 1. The highest BCUT2D eigenvalue weighted by Gasteiger charge is 2.14. The summed E-state index contributed by atoms with van der Waals surface area (Å²) in [6, 6.07) is 7.69. The van der Waals surface area contributed by atoms with E-state index in [1.807, 2.05) is 35.0 Å². The van der Waals surface area contributed by atoms with Gasteiger partial charge >= 0.3 is 0 Å². The average Bonchev–Trinajstić information content (AvgIpc) is 3.06. The Morgan fingerprint density at radius 1 is 1.38 bits per heavy atom. The molecular formula is C16H18N2O2S. The Kier molecular flexibility index (Phi) is 4.34. The zero-order valence-corrected chi connectivity index (χ0v) is 12.5. The molecule has 1 aromatic carbocycles. The summed E-state index contributed by atoms with van der Waals surface area (Å²) in [6.07, 6.45) is 0.355. The van der Waals surface area contributed by atoms with E-state index < -0.39 is 6.10 Å². The molecule has 0 saturated heterocycles. The van der Waals surface area contributed by atoms with Crippen molar-refractivity contribution < 1.29 is 9.90 Å². The molecule has 3 N–H and O–H groups in total. The van der Waals surface area contributed by atoms with E-state index >= 15 is 0 Å². The van der Waals surface area contributed by atoms with Gasteiger partial charge < -0.3 is 15.7 Å². The first kappa shape index (κ1) is 14.3. The van der Waals surface area contributed by atoms with E-state index in [0.29, 0.717) is 5.56 Å². The molecule has 1 aliphatic heterocycles. The zero-order chi connectivity index (χ0) is 14.7. The van der Waals surface area contributed by atoms with E-state index in [-0.39, 0.29) is 12.5 Å². The Balaban J connectivity index is 1.63. The normalized spacial score (nSPS) is 15.3. The van der Waals surface area contributed by atoms with Gasteiger partial charge in [-0.25, -0.2) is 0 Å². The molecule has 2 heterocycles. The second-order valence-corrected chi connectivity index (χ2v) is 5.97. The summed E-state index contributed by atoms with van der Waals surface area (Å²) in [6.45, 7) is 2.03. The van der Waals surface area contributed by atoms with E-state index in [1.165, 1.54) is 22.5 Å². The van der Waals surface area contributed by atoms with Crippen molar-refractivity contribution in [3.8, 4) is 0 Å². The maximum atomic E-state index is 12.2. The van der Waals surface area contributed by atoms with Gasteiger partial charge in [0.1, 0.15) is 0 Å². The van der Waals surface area contributed by atoms with Crippen LogP contribution in [0.5, 0.6) is 0 Å². The lowest BCUT2D eigenvalue weighted by atomic mass is 9.98. The fourth-order valence-corrected chi connectivity index (χ4v) is 3.20. The number of amides is 1. The first-order chi connectivity index (χ1) is 10.2. The van der Waals surface area contributed by atoms with E-state index in [0.717, 1.165) is 25.1 Å². The molecule has 0 saturated carbocycles. The van der Waals surface area contributed by atoms with Crippen molar-refractivity contribution in [1.29, 1.82) is 0 Å². The zero-order valence-electron chi connectivity index (χ0n) is 11.6. The molecular weight excluding hydrogens is 284 g/mol. The first-order valence-electron chi connectivity index (χ1n) is 7.05. The van der Waals surface area contributed by atoms with Crippen LogP contribution in [0.1, 0.15) is 33.2 Å². The number of hydrogen-bond acceptors (Lipinski definition) is 4. The highest BCUT2D eigenvalue weighted by Crippen LogP contribution is 2.17. The smallest absolute Gasteiger partial charge is 0.251 e. The molecule has 0 bridgehead atoms. The van der Waals surface area contributed by atoms with Gasteiger partial charge in [-0.1, -0.05) is 6.07 Å². The number of carbonyl (C=O) groups is 1. The molecule has 1 amide bonds. The number of aliphatic hydroxyl groups is 1. The van der Waals surface area contributed by atoms with Gasteiger partial charge in [-0.3, -0.25) is 4.79 Å². The van der Waals surface area contributed by atoms with Crippen molar-refractivity contribution in [3.05, 3.63) is 57.3 Å². The Morgan fingerprint density at radius 3 is 3.10 bits per heavy atom. The van der Waals surface area contributed by atoms with Gasteiger partial charge in [0.25, 0.3) is 5.91 Å². The van der Waals surface area contributed by atoms with Crippen LogP contribution in [-0.2, 0) is 13.0 Å². The molecule has 5 heteroatoms. The van der Waals surface area contributed by atoms with Gasteiger partial charge in [-0.2, -0.15) is 11.3 Å². The molecule has 3 rings (SSSR count). The van der Waals surface area contributed by atoms with Crippen LogP contribution in [0, 0.1) is 0 Å². The van der Waals surface area contributed by atoms with Crippen LogP contribution in [0.3, 0.4) is 0 Å². The number of rotatable bonds is 4. The van der Waals surface area contributed by atoms with E-state index in [9.17, 15) is 9.90 Å². The topological polar surface area (TPSA) is 61.4 Å². The average molecular weight is 302 g/mol. The lowest BCUT2D eigenvalue weighted by Gasteiger charge is -2.18. The number of benzene rings is 1. The van der Waals surface area contributed by atoms with Crippen molar-refractivity contribution in [1.82, 2.24) is 10.6 Å². The largest absolute Gasteiger partial charge is 0.387 e. The minimum atomic E-state index is -0.653. The van der Waals surface area contributed by atoms with Crippen LogP contribution in [0.4, 0.5) is 0 Å². The van der Waals surface area contributed by atoms with Crippen LogP contribution in [0.25, 0.3) is 0 Å². The number of hydrogen-bond donors (Lipinski definition) is 3. The molecule has 21 heavy (non-hydrogen) atoms. The second kappa shape index (κ2) is 6.39. The predicted octanol–water partition coefficient (Wildman–Crippen LogP) is 1.86. The summed E-state index contributed by atoms with van der Waals surface area (Å²) in [7, 11) is 0. The predicted molar refractivity (Wildman–Crippen MR) is 83.5 cm³/mol. The van der Waals surface area contributed by atoms with Crippen molar-refractivity contribution in [3.63, 3.8) is 0 Å². The molecule has 0 spiro atoms. The number of nitrogens with one attached hydrogen (secondary N) is 2. The van der Waals surface area contributed by atoms with E-state index in [2.05, 4.69) is 10.6 Å².